The molecule has 0 saturated heterocycles. The number of aromatic nitrogens is 4. The Labute approximate surface area is 197 Å². The van der Waals surface area contributed by atoms with Gasteiger partial charge in [-0.2, -0.15) is 0 Å². The van der Waals surface area contributed by atoms with E-state index in [1.165, 1.54) is 0 Å². The molecule has 5 aromatic rings. The number of hydrogen-bond acceptors (Lipinski definition) is 6. The summed E-state index contributed by atoms with van der Waals surface area (Å²) >= 11 is 0. The van der Waals surface area contributed by atoms with Crippen LogP contribution in [0, 0.1) is 0 Å². The highest BCUT2D eigenvalue weighted by Gasteiger charge is 2.13. The second kappa shape index (κ2) is 9.46. The Balaban J connectivity index is 1.35. The lowest BCUT2D eigenvalue weighted by atomic mass is 10.1. The van der Waals surface area contributed by atoms with Crippen molar-refractivity contribution >= 4 is 28.3 Å². The molecule has 7 heteroatoms. The van der Waals surface area contributed by atoms with E-state index in [4.69, 9.17) is 9.97 Å². The van der Waals surface area contributed by atoms with E-state index in [0.29, 0.717) is 17.9 Å². The van der Waals surface area contributed by atoms with Gasteiger partial charge in [0.2, 0.25) is 0 Å². The standard InChI is InChI=1S/C27H22N6O/c1-33(27(34)20-12-15-28-16-13-20)22-10-8-19(9-11-22)17-30-26-23-6-2-3-7-24(23)31-25(32-26)21-5-4-14-29-18-21/h2-16,18H,17H2,1H3,(H,30,31,32). The molecule has 34 heavy (non-hydrogen) atoms. The van der Waals surface area contributed by atoms with E-state index in [0.717, 1.165) is 33.5 Å². The zero-order valence-corrected chi connectivity index (χ0v) is 18.6. The molecule has 0 bridgehead atoms. The van der Waals surface area contributed by atoms with Crippen molar-refractivity contribution in [2.75, 3.05) is 17.3 Å². The van der Waals surface area contributed by atoms with Crippen molar-refractivity contribution in [3.63, 3.8) is 0 Å². The van der Waals surface area contributed by atoms with Gasteiger partial charge in [0.15, 0.2) is 5.82 Å². The smallest absolute Gasteiger partial charge is 0.258 e. The summed E-state index contributed by atoms with van der Waals surface area (Å²) in [6.45, 7) is 0.579. The number of nitrogens with one attached hydrogen (secondary N) is 1. The zero-order valence-electron chi connectivity index (χ0n) is 18.6. The molecule has 0 saturated carbocycles. The lowest BCUT2D eigenvalue weighted by molar-refractivity contribution is 0.0993. The molecule has 0 unspecified atom stereocenters. The van der Waals surface area contributed by atoms with Crippen molar-refractivity contribution < 1.29 is 4.79 Å². The van der Waals surface area contributed by atoms with Crippen LogP contribution < -0.4 is 10.2 Å². The van der Waals surface area contributed by atoms with Gasteiger partial charge in [0, 0.05) is 60.6 Å². The molecule has 1 amide bonds. The number of pyridine rings is 2. The van der Waals surface area contributed by atoms with Gasteiger partial charge in [0.1, 0.15) is 5.82 Å². The van der Waals surface area contributed by atoms with Crippen molar-refractivity contribution in [2.45, 2.75) is 6.54 Å². The molecular weight excluding hydrogens is 424 g/mol. The van der Waals surface area contributed by atoms with E-state index >= 15 is 0 Å². The van der Waals surface area contributed by atoms with Gasteiger partial charge in [-0.05, 0) is 54.1 Å². The first-order valence-corrected chi connectivity index (χ1v) is 10.9. The maximum absolute atomic E-state index is 12.7. The Morgan fingerprint density at radius 3 is 2.41 bits per heavy atom. The number of nitrogens with zero attached hydrogens (tertiary/aromatic N) is 5. The Hall–Kier alpha value is -4.65. The number of anilines is 2. The molecule has 3 aromatic heterocycles. The Bertz CT molecular complexity index is 1420. The number of carbonyl (C=O) groups excluding carboxylic acids is 1. The van der Waals surface area contributed by atoms with Crippen molar-refractivity contribution in [2.24, 2.45) is 0 Å². The normalized spacial score (nSPS) is 10.7. The van der Waals surface area contributed by atoms with Crippen LogP contribution in [0.1, 0.15) is 15.9 Å². The van der Waals surface area contributed by atoms with Crippen LogP contribution in [0.5, 0.6) is 0 Å². The van der Waals surface area contributed by atoms with E-state index in [2.05, 4.69) is 15.3 Å². The van der Waals surface area contributed by atoms with Crippen molar-refractivity contribution in [1.82, 2.24) is 19.9 Å². The highest BCUT2D eigenvalue weighted by molar-refractivity contribution is 6.05. The number of carbonyl (C=O) groups is 1. The molecule has 0 spiro atoms. The number of fused-ring (bicyclic) bond motifs is 1. The van der Waals surface area contributed by atoms with E-state index in [9.17, 15) is 4.79 Å². The first-order valence-electron chi connectivity index (χ1n) is 10.9. The summed E-state index contributed by atoms with van der Waals surface area (Å²) in [5, 5.41) is 4.41. The number of para-hydroxylation sites is 1. The van der Waals surface area contributed by atoms with E-state index in [1.54, 1.807) is 48.9 Å². The van der Waals surface area contributed by atoms with Crippen LogP contribution in [-0.4, -0.2) is 32.9 Å². The van der Waals surface area contributed by atoms with Gasteiger partial charge in [0.05, 0.1) is 5.52 Å². The summed E-state index contributed by atoms with van der Waals surface area (Å²) in [5.41, 5.74) is 4.22. The molecule has 3 heterocycles. The maximum Gasteiger partial charge on any atom is 0.258 e. The lowest BCUT2D eigenvalue weighted by Crippen LogP contribution is -2.26. The summed E-state index contributed by atoms with van der Waals surface area (Å²) in [6, 6.07) is 23.1. The van der Waals surface area contributed by atoms with Gasteiger partial charge in [-0.25, -0.2) is 9.97 Å². The second-order valence-electron chi connectivity index (χ2n) is 7.77. The summed E-state index contributed by atoms with van der Waals surface area (Å²) in [7, 11) is 1.77. The summed E-state index contributed by atoms with van der Waals surface area (Å²) in [6.07, 6.45) is 6.73. The van der Waals surface area contributed by atoms with Gasteiger partial charge in [-0.15, -0.1) is 0 Å². The predicted octanol–water partition coefficient (Wildman–Crippen LogP) is 4.98. The van der Waals surface area contributed by atoms with Crippen LogP contribution in [0.4, 0.5) is 11.5 Å². The largest absolute Gasteiger partial charge is 0.365 e. The molecule has 0 aliphatic heterocycles. The number of hydrogen-bond donors (Lipinski definition) is 1. The van der Waals surface area contributed by atoms with Crippen molar-refractivity contribution in [3.8, 4) is 11.4 Å². The first-order chi connectivity index (χ1) is 16.7. The van der Waals surface area contributed by atoms with Gasteiger partial charge < -0.3 is 10.2 Å². The monoisotopic (exact) mass is 446 g/mol. The minimum atomic E-state index is -0.0799. The molecule has 0 aliphatic rings. The van der Waals surface area contributed by atoms with Crippen LogP contribution in [0.15, 0.2) is 97.6 Å². The average molecular weight is 447 g/mol. The molecule has 7 nitrogen and oxygen atoms in total. The van der Waals surface area contributed by atoms with Crippen LogP contribution in [0.25, 0.3) is 22.3 Å². The SMILES string of the molecule is CN(C(=O)c1ccncc1)c1ccc(CNc2nc(-c3cccnc3)nc3ccccc23)cc1. The van der Waals surface area contributed by atoms with Crippen LogP contribution in [-0.2, 0) is 6.54 Å². The average Bonchev–Trinajstić information content (AvgIpc) is 2.92. The van der Waals surface area contributed by atoms with Gasteiger partial charge in [-0.1, -0.05) is 24.3 Å². The summed E-state index contributed by atoms with van der Waals surface area (Å²) in [5.74, 6) is 1.31. The number of amides is 1. The Morgan fingerprint density at radius 1 is 0.853 bits per heavy atom. The third-order valence-corrected chi connectivity index (χ3v) is 5.54. The van der Waals surface area contributed by atoms with Gasteiger partial charge >= 0.3 is 0 Å². The third kappa shape index (κ3) is 4.45. The Kier molecular flexibility index (Phi) is 5.90. The van der Waals surface area contributed by atoms with Gasteiger partial charge in [0.25, 0.3) is 5.91 Å². The fourth-order valence-corrected chi connectivity index (χ4v) is 3.66. The summed E-state index contributed by atoms with van der Waals surface area (Å²) in [4.78, 5) is 31.9. The van der Waals surface area contributed by atoms with Crippen LogP contribution >= 0.6 is 0 Å². The quantitative estimate of drug-likeness (QED) is 0.396. The molecule has 0 fully saturated rings. The zero-order chi connectivity index (χ0) is 23.3. The fraction of sp³-hybridized carbons (Fsp3) is 0.0741. The van der Waals surface area contributed by atoms with E-state index in [1.807, 2.05) is 60.7 Å². The van der Waals surface area contributed by atoms with E-state index < -0.39 is 0 Å². The first kappa shape index (κ1) is 21.2. The van der Waals surface area contributed by atoms with Crippen LogP contribution in [0.2, 0.25) is 0 Å². The topological polar surface area (TPSA) is 83.9 Å². The summed E-state index contributed by atoms with van der Waals surface area (Å²) < 4.78 is 0. The second-order valence-corrected chi connectivity index (χ2v) is 7.77. The molecule has 0 aliphatic carbocycles. The molecule has 2 aromatic carbocycles. The fourth-order valence-electron chi connectivity index (χ4n) is 3.66. The minimum absolute atomic E-state index is 0.0799. The molecule has 0 atom stereocenters. The maximum atomic E-state index is 12.7. The lowest BCUT2D eigenvalue weighted by Gasteiger charge is -2.18. The highest BCUT2D eigenvalue weighted by Crippen LogP contribution is 2.25. The molecule has 0 radical (unpaired) electrons. The number of rotatable bonds is 6. The molecule has 166 valence electrons. The van der Waals surface area contributed by atoms with E-state index in [-0.39, 0.29) is 5.91 Å². The number of benzene rings is 2. The van der Waals surface area contributed by atoms with Crippen LogP contribution in [0.3, 0.4) is 0 Å². The molecule has 5 rings (SSSR count). The molecular formula is C27H22N6O. The Morgan fingerprint density at radius 2 is 1.65 bits per heavy atom. The highest BCUT2D eigenvalue weighted by atomic mass is 16.2. The van der Waals surface area contributed by atoms with Crippen molar-refractivity contribution in [3.05, 3.63) is 109 Å². The van der Waals surface area contributed by atoms with Gasteiger partial charge in [-0.3, -0.25) is 14.8 Å². The predicted molar refractivity (Wildman–Crippen MR) is 134 cm³/mol. The third-order valence-electron chi connectivity index (χ3n) is 5.54. The minimum Gasteiger partial charge on any atom is -0.365 e. The molecule has 1 N–H and O–H groups in total. The van der Waals surface area contributed by atoms with Crippen molar-refractivity contribution in [1.29, 1.82) is 0 Å².